The lowest BCUT2D eigenvalue weighted by atomic mass is 9.72. The van der Waals surface area contributed by atoms with Crippen molar-refractivity contribution >= 4 is 5.91 Å². The molecule has 31 heavy (non-hydrogen) atoms. The van der Waals surface area contributed by atoms with Crippen LogP contribution in [0.1, 0.15) is 39.9 Å². The molecule has 3 aromatic rings. The predicted octanol–water partition coefficient (Wildman–Crippen LogP) is 4.45. The molecule has 1 amide bonds. The Morgan fingerprint density at radius 2 is 1.74 bits per heavy atom. The Morgan fingerprint density at radius 3 is 2.45 bits per heavy atom. The monoisotopic (exact) mass is 416 g/mol. The maximum Gasteiger partial charge on any atom is 0.251 e. The molecule has 5 nitrogen and oxygen atoms in total. The van der Waals surface area contributed by atoms with Crippen molar-refractivity contribution in [2.24, 2.45) is 0 Å². The van der Waals surface area contributed by atoms with Crippen LogP contribution in [-0.4, -0.2) is 30.6 Å². The van der Waals surface area contributed by atoms with E-state index in [1.807, 2.05) is 36.4 Å². The van der Waals surface area contributed by atoms with E-state index < -0.39 is 0 Å². The first-order valence-electron chi connectivity index (χ1n) is 10.7. The fourth-order valence-corrected chi connectivity index (χ4v) is 4.17. The zero-order chi connectivity index (χ0) is 21.5. The minimum Gasteiger partial charge on any atom is -0.489 e. The van der Waals surface area contributed by atoms with Crippen LogP contribution >= 0.6 is 0 Å². The highest BCUT2D eigenvalue weighted by atomic mass is 16.5. The number of carbonyl (C=O) groups is 1. The average Bonchev–Trinajstić information content (AvgIpc) is 2.83. The fourth-order valence-electron chi connectivity index (χ4n) is 4.17. The minimum atomic E-state index is -0.0904. The third kappa shape index (κ3) is 5.12. The largest absolute Gasteiger partial charge is 0.489 e. The molecular formula is C26H28N2O3. The van der Waals surface area contributed by atoms with Crippen molar-refractivity contribution in [3.05, 3.63) is 95.3 Å². The first-order chi connectivity index (χ1) is 15.2. The van der Waals surface area contributed by atoms with Crippen LogP contribution < -0.4 is 10.1 Å². The van der Waals surface area contributed by atoms with Gasteiger partial charge < -0.3 is 14.8 Å². The van der Waals surface area contributed by atoms with Crippen LogP contribution in [0.15, 0.2) is 73.1 Å². The highest BCUT2D eigenvalue weighted by Crippen LogP contribution is 2.36. The van der Waals surface area contributed by atoms with Gasteiger partial charge in [-0.1, -0.05) is 24.3 Å². The van der Waals surface area contributed by atoms with E-state index in [0.29, 0.717) is 31.9 Å². The van der Waals surface area contributed by atoms with Crippen molar-refractivity contribution in [1.82, 2.24) is 10.3 Å². The van der Waals surface area contributed by atoms with Gasteiger partial charge in [-0.2, -0.15) is 0 Å². The maximum absolute atomic E-state index is 12.8. The summed E-state index contributed by atoms with van der Waals surface area (Å²) < 4.78 is 11.4. The van der Waals surface area contributed by atoms with Gasteiger partial charge in [-0.25, -0.2) is 0 Å². The number of aromatic nitrogens is 1. The molecule has 0 radical (unpaired) electrons. The molecule has 0 unspecified atom stereocenters. The highest BCUT2D eigenvalue weighted by molar-refractivity contribution is 5.94. The van der Waals surface area contributed by atoms with Crippen molar-refractivity contribution in [2.75, 3.05) is 19.8 Å². The molecule has 1 aromatic heterocycles. The van der Waals surface area contributed by atoms with Gasteiger partial charge in [-0.05, 0) is 72.9 Å². The maximum atomic E-state index is 12.8. The number of nitrogens with one attached hydrogen (secondary N) is 1. The molecule has 0 spiro atoms. The van der Waals surface area contributed by atoms with Gasteiger partial charge in [-0.15, -0.1) is 0 Å². The predicted molar refractivity (Wildman–Crippen MR) is 120 cm³/mol. The van der Waals surface area contributed by atoms with E-state index in [2.05, 4.69) is 41.5 Å². The molecule has 5 heteroatoms. The number of carbonyl (C=O) groups excluding carboxylic acids is 1. The van der Waals surface area contributed by atoms with Gasteiger partial charge in [0.2, 0.25) is 0 Å². The normalized spacial score (nSPS) is 15.3. The Labute approximate surface area is 183 Å². The van der Waals surface area contributed by atoms with Crippen LogP contribution in [-0.2, 0) is 16.8 Å². The van der Waals surface area contributed by atoms with E-state index >= 15 is 0 Å². The second kappa shape index (κ2) is 9.75. The molecule has 1 saturated heterocycles. The van der Waals surface area contributed by atoms with Crippen LogP contribution in [0.2, 0.25) is 0 Å². The zero-order valence-electron chi connectivity index (χ0n) is 17.8. The van der Waals surface area contributed by atoms with Crippen LogP contribution in [0.3, 0.4) is 0 Å². The topological polar surface area (TPSA) is 60.5 Å². The number of hydrogen-bond acceptors (Lipinski definition) is 4. The lowest BCUT2D eigenvalue weighted by Crippen LogP contribution is -2.45. The summed E-state index contributed by atoms with van der Waals surface area (Å²) in [6.07, 6.45) is 5.29. The van der Waals surface area contributed by atoms with Crippen LogP contribution in [0.5, 0.6) is 5.75 Å². The van der Waals surface area contributed by atoms with Crippen LogP contribution in [0.25, 0.3) is 0 Å². The molecule has 1 fully saturated rings. The van der Waals surface area contributed by atoms with Gasteiger partial charge in [0.1, 0.15) is 12.4 Å². The summed E-state index contributed by atoms with van der Waals surface area (Å²) in [6, 6.07) is 19.6. The van der Waals surface area contributed by atoms with E-state index in [1.165, 1.54) is 11.1 Å². The lowest BCUT2D eigenvalue weighted by Gasteiger charge is -2.39. The van der Waals surface area contributed by atoms with E-state index in [-0.39, 0.29) is 11.3 Å². The summed E-state index contributed by atoms with van der Waals surface area (Å²) in [5, 5.41) is 3.17. The summed E-state index contributed by atoms with van der Waals surface area (Å²) in [4.78, 5) is 16.9. The molecule has 0 atom stereocenters. The number of rotatable bonds is 7. The molecule has 0 saturated carbocycles. The van der Waals surface area contributed by atoms with E-state index in [0.717, 1.165) is 24.2 Å². The van der Waals surface area contributed by atoms with Gasteiger partial charge in [0.25, 0.3) is 5.91 Å². The van der Waals surface area contributed by atoms with Crippen molar-refractivity contribution in [1.29, 1.82) is 0 Å². The molecule has 1 aliphatic heterocycles. The Kier molecular flexibility index (Phi) is 6.63. The number of nitrogens with zero attached hydrogens (tertiary/aromatic N) is 1. The molecule has 2 heterocycles. The summed E-state index contributed by atoms with van der Waals surface area (Å²) in [5.41, 5.74) is 4.15. The van der Waals surface area contributed by atoms with Crippen LogP contribution in [0.4, 0.5) is 0 Å². The Balaban J connectivity index is 1.39. The van der Waals surface area contributed by atoms with E-state index in [4.69, 9.17) is 9.47 Å². The third-order valence-electron chi connectivity index (χ3n) is 6.03. The van der Waals surface area contributed by atoms with Gasteiger partial charge >= 0.3 is 0 Å². The molecule has 1 aliphatic rings. The Bertz CT molecular complexity index is 997. The number of ether oxygens (including phenoxy) is 2. The standard InChI is InChI=1S/C26H28N2O3/c1-20-4-2-3-5-24(20)26(12-16-30-17-13-26)19-28-25(29)22-6-8-23(9-7-22)31-18-21-10-14-27-15-11-21/h2-11,14-15H,12-13,16-19H2,1H3,(H,28,29). The van der Waals surface area contributed by atoms with Crippen LogP contribution in [0, 0.1) is 6.92 Å². The molecular weight excluding hydrogens is 388 g/mol. The van der Waals surface area contributed by atoms with Crippen molar-refractivity contribution < 1.29 is 14.3 Å². The summed E-state index contributed by atoms with van der Waals surface area (Å²) in [6.45, 7) is 4.63. The lowest BCUT2D eigenvalue weighted by molar-refractivity contribution is 0.0485. The molecule has 2 aromatic carbocycles. The smallest absolute Gasteiger partial charge is 0.251 e. The zero-order valence-corrected chi connectivity index (χ0v) is 17.8. The number of hydrogen-bond donors (Lipinski definition) is 1. The average molecular weight is 417 g/mol. The van der Waals surface area contributed by atoms with Gasteiger partial charge in [0.05, 0.1) is 0 Å². The minimum absolute atomic E-state index is 0.0693. The summed E-state index contributed by atoms with van der Waals surface area (Å²) in [5.74, 6) is 0.661. The van der Waals surface area contributed by atoms with Gasteiger partial charge in [0.15, 0.2) is 0 Å². The second-order valence-electron chi connectivity index (χ2n) is 8.06. The highest BCUT2D eigenvalue weighted by Gasteiger charge is 2.35. The van der Waals surface area contributed by atoms with Crippen molar-refractivity contribution in [3.8, 4) is 5.75 Å². The van der Waals surface area contributed by atoms with Gasteiger partial charge in [0, 0.05) is 43.1 Å². The number of aryl methyl sites for hydroxylation is 1. The molecule has 0 aliphatic carbocycles. The Morgan fingerprint density at radius 1 is 1.03 bits per heavy atom. The first kappa shape index (κ1) is 21.1. The fraction of sp³-hybridized carbons (Fsp3) is 0.308. The van der Waals surface area contributed by atoms with E-state index in [9.17, 15) is 4.79 Å². The molecule has 160 valence electrons. The molecule has 1 N–H and O–H groups in total. The van der Waals surface area contributed by atoms with Crippen molar-refractivity contribution in [2.45, 2.75) is 31.8 Å². The van der Waals surface area contributed by atoms with Crippen molar-refractivity contribution in [3.63, 3.8) is 0 Å². The Hall–Kier alpha value is -3.18. The number of benzene rings is 2. The quantitative estimate of drug-likeness (QED) is 0.618. The first-order valence-corrected chi connectivity index (χ1v) is 10.7. The number of pyridine rings is 1. The van der Waals surface area contributed by atoms with Gasteiger partial charge in [-0.3, -0.25) is 9.78 Å². The SMILES string of the molecule is Cc1ccccc1C1(CNC(=O)c2ccc(OCc3ccncc3)cc2)CCOCC1. The second-order valence-corrected chi connectivity index (χ2v) is 8.06. The summed E-state index contributed by atoms with van der Waals surface area (Å²) >= 11 is 0. The summed E-state index contributed by atoms with van der Waals surface area (Å²) in [7, 11) is 0. The van der Waals surface area contributed by atoms with E-state index in [1.54, 1.807) is 12.4 Å². The number of amides is 1. The third-order valence-corrected chi connectivity index (χ3v) is 6.03. The molecule has 4 rings (SSSR count). The molecule has 0 bridgehead atoms.